The van der Waals surface area contributed by atoms with E-state index in [-0.39, 0.29) is 0 Å². The Labute approximate surface area is 340 Å². The molecule has 6 aromatic rings. The summed E-state index contributed by atoms with van der Waals surface area (Å²) < 4.78 is 0. The smallest absolute Gasteiger partial charge is 0.0464 e. The van der Waals surface area contributed by atoms with Gasteiger partial charge in [0.25, 0.3) is 0 Å². The van der Waals surface area contributed by atoms with Crippen LogP contribution in [0.1, 0.15) is 87.2 Å². The molecule has 0 aromatic heterocycles. The van der Waals surface area contributed by atoms with Gasteiger partial charge in [0.1, 0.15) is 0 Å². The van der Waals surface area contributed by atoms with E-state index in [0.717, 1.165) is 53.3 Å². The largest absolute Gasteiger partial charge is 0.310 e. The molecule has 1 heteroatoms. The second-order valence-electron chi connectivity index (χ2n) is 19.4. The minimum atomic E-state index is 0.641. The van der Waals surface area contributed by atoms with Crippen LogP contribution in [0.4, 0.5) is 17.1 Å². The zero-order valence-electron chi connectivity index (χ0n) is 33.2. The lowest BCUT2D eigenvalue weighted by Gasteiger charge is -2.55. The summed E-state index contributed by atoms with van der Waals surface area (Å²) in [7, 11) is 0. The van der Waals surface area contributed by atoms with Gasteiger partial charge in [-0.25, -0.2) is 0 Å². The van der Waals surface area contributed by atoms with Crippen LogP contribution in [0, 0.1) is 47.3 Å². The van der Waals surface area contributed by atoms with E-state index in [1.165, 1.54) is 104 Å². The van der Waals surface area contributed by atoms with Gasteiger partial charge in [-0.2, -0.15) is 0 Å². The third-order valence-electron chi connectivity index (χ3n) is 16.2. The highest BCUT2D eigenvalue weighted by atomic mass is 15.1. The van der Waals surface area contributed by atoms with Crippen LogP contribution in [0.25, 0.3) is 33.4 Å². The van der Waals surface area contributed by atoms with Crippen molar-refractivity contribution in [3.63, 3.8) is 0 Å². The molecular formula is C56H55N. The van der Waals surface area contributed by atoms with E-state index in [0.29, 0.717) is 5.92 Å². The number of nitrogens with zero attached hydrogens (tertiary/aromatic N) is 1. The van der Waals surface area contributed by atoms with Gasteiger partial charge in [0, 0.05) is 17.1 Å². The third kappa shape index (κ3) is 6.02. The fraction of sp³-hybridized carbons (Fsp3) is 0.357. The van der Waals surface area contributed by atoms with Gasteiger partial charge in [-0.05, 0) is 204 Å². The first-order chi connectivity index (χ1) is 28.2. The summed E-state index contributed by atoms with van der Waals surface area (Å²) in [6, 6.07) is 57.7. The molecule has 8 aliphatic carbocycles. The van der Waals surface area contributed by atoms with Crippen molar-refractivity contribution in [2.24, 2.45) is 47.3 Å². The van der Waals surface area contributed by atoms with E-state index < -0.39 is 0 Å². The predicted octanol–water partition coefficient (Wildman–Crippen LogP) is 15.2. The van der Waals surface area contributed by atoms with Crippen molar-refractivity contribution in [2.75, 3.05) is 4.90 Å². The van der Waals surface area contributed by atoms with Crippen molar-refractivity contribution in [3.8, 4) is 33.4 Å². The Bertz CT molecular complexity index is 2230. The lowest BCUT2D eigenvalue weighted by molar-refractivity contribution is -0.00321. The van der Waals surface area contributed by atoms with E-state index in [1.807, 2.05) is 0 Å². The molecule has 0 N–H and O–H groups in total. The molecule has 14 rings (SSSR count). The Kier molecular flexibility index (Phi) is 8.34. The molecule has 0 heterocycles. The molecule has 8 aliphatic rings. The van der Waals surface area contributed by atoms with Crippen molar-refractivity contribution in [2.45, 2.75) is 76.0 Å². The summed E-state index contributed by atoms with van der Waals surface area (Å²) in [4.78, 5) is 2.54. The van der Waals surface area contributed by atoms with Gasteiger partial charge in [0.2, 0.25) is 0 Å². The Morgan fingerprint density at radius 2 is 0.667 bits per heavy atom. The zero-order chi connectivity index (χ0) is 37.5. The SMILES string of the molecule is c1ccc(-c2ccc(N(c3ccc(-c4ccccc4)cc3)c3ccc(-c4ccccc4C4C5CC6CC(C5)CC4C6)c(C4C5CC6CC(C5)CC4C6)c3)cc2)cc1. The van der Waals surface area contributed by atoms with Gasteiger partial charge in [-0.3, -0.25) is 0 Å². The van der Waals surface area contributed by atoms with Gasteiger partial charge >= 0.3 is 0 Å². The van der Waals surface area contributed by atoms with Crippen molar-refractivity contribution in [1.29, 1.82) is 0 Å². The average Bonchev–Trinajstić information content (AvgIpc) is 3.25. The summed E-state index contributed by atoms with van der Waals surface area (Å²) in [5.74, 6) is 8.64. The molecule has 1 nitrogen and oxygen atoms in total. The van der Waals surface area contributed by atoms with Crippen LogP contribution in [-0.4, -0.2) is 0 Å². The minimum absolute atomic E-state index is 0.641. The number of anilines is 3. The Balaban J connectivity index is 1.00. The van der Waals surface area contributed by atoms with E-state index in [1.54, 1.807) is 22.3 Å². The molecule has 8 bridgehead atoms. The van der Waals surface area contributed by atoms with Crippen LogP contribution in [0.3, 0.4) is 0 Å². The summed E-state index contributed by atoms with van der Waals surface area (Å²) >= 11 is 0. The maximum absolute atomic E-state index is 2.69. The van der Waals surface area contributed by atoms with Crippen LogP contribution in [0.15, 0.2) is 152 Å². The second-order valence-corrected chi connectivity index (χ2v) is 19.4. The minimum Gasteiger partial charge on any atom is -0.310 e. The van der Waals surface area contributed by atoms with Crippen LogP contribution in [0.5, 0.6) is 0 Å². The van der Waals surface area contributed by atoms with Crippen molar-refractivity contribution < 1.29 is 0 Å². The van der Waals surface area contributed by atoms with E-state index in [4.69, 9.17) is 0 Å². The van der Waals surface area contributed by atoms with Gasteiger partial charge in [-0.15, -0.1) is 0 Å². The third-order valence-corrected chi connectivity index (χ3v) is 16.2. The molecule has 0 unspecified atom stereocenters. The predicted molar refractivity (Wildman–Crippen MR) is 237 cm³/mol. The Hall–Kier alpha value is -4.88. The topological polar surface area (TPSA) is 3.24 Å². The highest BCUT2D eigenvalue weighted by molar-refractivity contribution is 5.83. The number of rotatable bonds is 8. The van der Waals surface area contributed by atoms with Gasteiger partial charge < -0.3 is 4.90 Å². The maximum atomic E-state index is 2.69. The maximum Gasteiger partial charge on any atom is 0.0464 e. The first-order valence-corrected chi connectivity index (χ1v) is 22.5. The zero-order valence-corrected chi connectivity index (χ0v) is 33.2. The molecule has 0 amide bonds. The first-order valence-electron chi connectivity index (χ1n) is 22.5. The van der Waals surface area contributed by atoms with Gasteiger partial charge in [0.15, 0.2) is 0 Å². The van der Waals surface area contributed by atoms with Crippen LogP contribution in [0.2, 0.25) is 0 Å². The molecule has 0 spiro atoms. The first kappa shape index (κ1) is 34.2. The van der Waals surface area contributed by atoms with E-state index in [9.17, 15) is 0 Å². The van der Waals surface area contributed by atoms with Gasteiger partial charge in [0.05, 0.1) is 0 Å². The highest BCUT2D eigenvalue weighted by Gasteiger charge is 2.51. The lowest BCUT2D eigenvalue weighted by Crippen LogP contribution is -2.44. The standard InChI is InChI=1S/C56H55N/c1-3-9-40(10-4-1)42-15-19-48(20-16-42)57(49-21-17-43(18-22-49)41-11-5-2-6-12-41)50-23-24-52(54(35-50)56-46-31-38-26-39(33-46)34-47(56)32-38)51-13-7-8-14-53(51)55-44-27-36-25-37(29-44)30-45(55)28-36/h1-24,35-39,44-47,55-56H,25-34H2. The van der Waals surface area contributed by atoms with E-state index >= 15 is 0 Å². The number of hydrogen-bond donors (Lipinski definition) is 0. The molecule has 0 aliphatic heterocycles. The Morgan fingerprint density at radius 3 is 1.14 bits per heavy atom. The molecule has 8 fully saturated rings. The average molecular weight is 742 g/mol. The molecule has 6 aromatic carbocycles. The second kappa shape index (κ2) is 13.9. The quantitative estimate of drug-likeness (QED) is 0.150. The highest BCUT2D eigenvalue weighted by Crippen LogP contribution is 2.63. The molecule has 0 radical (unpaired) electrons. The molecule has 0 atom stereocenters. The van der Waals surface area contributed by atoms with E-state index in [2.05, 4.69) is 157 Å². The lowest BCUT2D eigenvalue weighted by atomic mass is 9.49. The summed E-state index contributed by atoms with van der Waals surface area (Å²) in [6.07, 6.45) is 14.6. The molecule has 57 heavy (non-hydrogen) atoms. The van der Waals surface area contributed by atoms with Crippen LogP contribution in [-0.2, 0) is 0 Å². The monoisotopic (exact) mass is 741 g/mol. The van der Waals surface area contributed by atoms with Crippen molar-refractivity contribution in [3.05, 3.63) is 163 Å². The molecule has 0 saturated heterocycles. The Morgan fingerprint density at radius 1 is 0.298 bits per heavy atom. The van der Waals surface area contributed by atoms with Gasteiger partial charge in [-0.1, -0.05) is 115 Å². The molecular weight excluding hydrogens is 687 g/mol. The fourth-order valence-electron chi connectivity index (χ4n) is 14.4. The summed E-state index contributed by atoms with van der Waals surface area (Å²) in [5, 5.41) is 0. The summed E-state index contributed by atoms with van der Waals surface area (Å²) in [6.45, 7) is 0. The van der Waals surface area contributed by atoms with Crippen molar-refractivity contribution >= 4 is 17.1 Å². The molecule has 284 valence electrons. The van der Waals surface area contributed by atoms with Crippen LogP contribution >= 0.6 is 0 Å². The number of hydrogen-bond acceptors (Lipinski definition) is 1. The molecule has 8 saturated carbocycles. The fourth-order valence-corrected chi connectivity index (χ4v) is 14.4. The number of benzene rings is 6. The normalized spacial score (nSPS) is 30.5. The summed E-state index contributed by atoms with van der Waals surface area (Å²) in [5.41, 5.74) is 15.1. The van der Waals surface area contributed by atoms with Crippen molar-refractivity contribution in [1.82, 2.24) is 0 Å². The van der Waals surface area contributed by atoms with Crippen LogP contribution < -0.4 is 4.90 Å².